The van der Waals surface area contributed by atoms with E-state index < -0.39 is 5.91 Å². The summed E-state index contributed by atoms with van der Waals surface area (Å²) in [5.74, 6) is -0.415. The van der Waals surface area contributed by atoms with E-state index in [0.29, 0.717) is 11.9 Å². The van der Waals surface area contributed by atoms with Crippen LogP contribution < -0.4 is 5.73 Å². The van der Waals surface area contributed by atoms with E-state index in [1.807, 2.05) is 36.4 Å². The third-order valence-corrected chi connectivity index (χ3v) is 2.64. The van der Waals surface area contributed by atoms with Crippen LogP contribution in [0.3, 0.4) is 0 Å². The Morgan fingerprint density at radius 2 is 1.71 bits per heavy atom. The van der Waals surface area contributed by atoms with Gasteiger partial charge in [-0.2, -0.15) is 0 Å². The highest BCUT2D eigenvalue weighted by atomic mass is 16.1. The molecule has 2 radical (unpaired) electrons. The molecule has 0 fully saturated rings. The number of rotatable bonds is 3. The normalized spacial score (nSPS) is 10.1. The number of benzene rings is 2. The zero-order valence-electron chi connectivity index (χ0n) is 9.39. The van der Waals surface area contributed by atoms with Gasteiger partial charge in [-0.05, 0) is 23.3 Å². The van der Waals surface area contributed by atoms with Gasteiger partial charge in [0.25, 0.3) is 0 Å². The average Bonchev–Trinajstić information content (AvgIpc) is 2.39. The maximum atomic E-state index is 11.1. The first-order valence-electron chi connectivity index (χ1n) is 5.40. The van der Waals surface area contributed by atoms with Crippen molar-refractivity contribution in [1.82, 2.24) is 0 Å². The zero-order chi connectivity index (χ0) is 12.3. The van der Waals surface area contributed by atoms with Gasteiger partial charge in [0.2, 0.25) is 5.91 Å². The second kappa shape index (κ2) is 4.87. The maximum absolute atomic E-state index is 11.1. The van der Waals surface area contributed by atoms with Crippen LogP contribution in [0.25, 0.3) is 11.1 Å². The van der Waals surface area contributed by atoms with Gasteiger partial charge in [0.05, 0.1) is 7.85 Å². The fourth-order valence-electron chi connectivity index (χ4n) is 1.73. The molecule has 0 heterocycles. The molecule has 82 valence electrons. The van der Waals surface area contributed by atoms with Gasteiger partial charge in [0.1, 0.15) is 0 Å². The SMILES string of the molecule is [B]Cc1cccc(-c2cccc(C(N)=O)c2)c1. The first-order chi connectivity index (χ1) is 8.20. The lowest BCUT2D eigenvalue weighted by atomic mass is 9.93. The largest absolute Gasteiger partial charge is 0.366 e. The number of amides is 1. The van der Waals surface area contributed by atoms with Crippen LogP contribution in [0.15, 0.2) is 48.5 Å². The van der Waals surface area contributed by atoms with Crippen LogP contribution >= 0.6 is 0 Å². The molecule has 2 nitrogen and oxygen atoms in total. The van der Waals surface area contributed by atoms with Crippen LogP contribution in [0.5, 0.6) is 0 Å². The van der Waals surface area contributed by atoms with Crippen molar-refractivity contribution in [2.75, 3.05) is 0 Å². The Hall–Kier alpha value is -2.03. The van der Waals surface area contributed by atoms with E-state index in [9.17, 15) is 4.79 Å². The number of nitrogens with two attached hydrogens (primary N) is 1. The van der Waals surface area contributed by atoms with E-state index in [-0.39, 0.29) is 0 Å². The van der Waals surface area contributed by atoms with E-state index in [4.69, 9.17) is 13.6 Å². The van der Waals surface area contributed by atoms with E-state index in [2.05, 4.69) is 0 Å². The number of primary amides is 1. The molecule has 0 aliphatic carbocycles. The third-order valence-electron chi connectivity index (χ3n) is 2.64. The molecule has 0 atom stereocenters. The number of hydrogen-bond donors (Lipinski definition) is 1. The zero-order valence-corrected chi connectivity index (χ0v) is 9.39. The Labute approximate surface area is 102 Å². The Morgan fingerprint density at radius 3 is 2.35 bits per heavy atom. The highest BCUT2D eigenvalue weighted by Gasteiger charge is 2.03. The van der Waals surface area contributed by atoms with Gasteiger partial charge in [-0.15, -0.1) is 0 Å². The molecule has 0 aliphatic rings. The molecule has 0 bridgehead atoms. The maximum Gasteiger partial charge on any atom is 0.248 e. The topological polar surface area (TPSA) is 43.1 Å². The highest BCUT2D eigenvalue weighted by Crippen LogP contribution is 2.21. The van der Waals surface area contributed by atoms with Gasteiger partial charge in [-0.1, -0.05) is 48.3 Å². The molecule has 3 heteroatoms. The minimum absolute atomic E-state index is 0.415. The van der Waals surface area contributed by atoms with Crippen LogP contribution in [-0.2, 0) is 6.32 Å². The molecular formula is C14H12BNO. The van der Waals surface area contributed by atoms with Crippen molar-refractivity contribution < 1.29 is 4.79 Å². The van der Waals surface area contributed by atoms with Crippen molar-refractivity contribution in [2.24, 2.45) is 5.73 Å². The summed E-state index contributed by atoms with van der Waals surface area (Å²) in [6, 6.07) is 15.2. The Balaban J connectivity index is 2.45. The highest BCUT2D eigenvalue weighted by molar-refractivity contribution is 6.08. The predicted molar refractivity (Wildman–Crippen MR) is 69.9 cm³/mol. The number of carbonyl (C=O) groups excluding carboxylic acids is 1. The second-order valence-corrected chi connectivity index (χ2v) is 3.85. The van der Waals surface area contributed by atoms with Crippen LogP contribution in [-0.4, -0.2) is 13.8 Å². The summed E-state index contributed by atoms with van der Waals surface area (Å²) in [6.45, 7) is 0. The molecule has 0 aliphatic heterocycles. The fourth-order valence-corrected chi connectivity index (χ4v) is 1.73. The molecule has 2 aromatic rings. The summed E-state index contributed by atoms with van der Waals surface area (Å²) in [5.41, 5.74) is 8.84. The molecule has 0 saturated heterocycles. The fraction of sp³-hybridized carbons (Fsp3) is 0.0714. The van der Waals surface area contributed by atoms with Crippen molar-refractivity contribution in [3.05, 3.63) is 59.7 Å². The molecular weight excluding hydrogens is 209 g/mol. The van der Waals surface area contributed by atoms with Crippen molar-refractivity contribution in [2.45, 2.75) is 6.32 Å². The van der Waals surface area contributed by atoms with E-state index >= 15 is 0 Å². The Morgan fingerprint density at radius 1 is 1.06 bits per heavy atom. The smallest absolute Gasteiger partial charge is 0.248 e. The second-order valence-electron chi connectivity index (χ2n) is 3.85. The van der Waals surface area contributed by atoms with Gasteiger partial charge in [-0.25, -0.2) is 0 Å². The summed E-state index contributed by atoms with van der Waals surface area (Å²) in [5, 5.41) is 0. The summed E-state index contributed by atoms with van der Waals surface area (Å²) in [7, 11) is 5.60. The van der Waals surface area contributed by atoms with Gasteiger partial charge in [0, 0.05) is 5.56 Å². The third kappa shape index (κ3) is 2.56. The van der Waals surface area contributed by atoms with Crippen molar-refractivity contribution in [1.29, 1.82) is 0 Å². The van der Waals surface area contributed by atoms with Gasteiger partial charge >= 0.3 is 0 Å². The lowest BCUT2D eigenvalue weighted by molar-refractivity contribution is 0.100. The van der Waals surface area contributed by atoms with Crippen LogP contribution in [0, 0.1) is 0 Å². The molecule has 17 heavy (non-hydrogen) atoms. The molecule has 1 amide bonds. The lowest BCUT2D eigenvalue weighted by Gasteiger charge is -2.05. The first-order valence-corrected chi connectivity index (χ1v) is 5.40. The molecule has 0 saturated carbocycles. The molecule has 0 unspecified atom stereocenters. The van der Waals surface area contributed by atoms with Crippen LogP contribution in [0.1, 0.15) is 15.9 Å². The van der Waals surface area contributed by atoms with Gasteiger partial charge in [-0.3, -0.25) is 4.79 Å². The lowest BCUT2D eigenvalue weighted by Crippen LogP contribution is -2.10. The van der Waals surface area contributed by atoms with Crippen molar-refractivity contribution >= 4 is 13.8 Å². The molecule has 2 rings (SSSR count). The minimum atomic E-state index is -0.415. The Kier molecular flexibility index (Phi) is 3.28. The van der Waals surface area contributed by atoms with Gasteiger partial charge in [0.15, 0.2) is 0 Å². The summed E-state index contributed by atoms with van der Waals surface area (Å²) >= 11 is 0. The summed E-state index contributed by atoms with van der Waals surface area (Å²) < 4.78 is 0. The first kappa shape index (κ1) is 11.5. The summed E-state index contributed by atoms with van der Waals surface area (Å²) in [6.07, 6.45) is 0.503. The van der Waals surface area contributed by atoms with Crippen LogP contribution in [0.2, 0.25) is 0 Å². The van der Waals surface area contributed by atoms with E-state index in [1.54, 1.807) is 12.1 Å². The van der Waals surface area contributed by atoms with Crippen molar-refractivity contribution in [3.8, 4) is 11.1 Å². The van der Waals surface area contributed by atoms with Crippen molar-refractivity contribution in [3.63, 3.8) is 0 Å². The van der Waals surface area contributed by atoms with E-state index in [1.165, 1.54) is 0 Å². The van der Waals surface area contributed by atoms with E-state index in [0.717, 1.165) is 16.7 Å². The Bertz CT molecular complexity index is 551. The van der Waals surface area contributed by atoms with Crippen LogP contribution in [0.4, 0.5) is 0 Å². The quantitative estimate of drug-likeness (QED) is 0.792. The minimum Gasteiger partial charge on any atom is -0.366 e. The molecule has 0 aromatic heterocycles. The average molecular weight is 221 g/mol. The number of carbonyl (C=O) groups is 1. The molecule has 0 spiro atoms. The predicted octanol–water partition coefficient (Wildman–Crippen LogP) is 2.12. The molecule has 2 aromatic carbocycles. The standard InChI is InChI=1S/C14H12BNO/c15-9-10-3-1-4-11(7-10)12-5-2-6-13(8-12)14(16)17/h1-8H,9H2,(H2,16,17). The number of hydrogen-bond acceptors (Lipinski definition) is 1. The summed E-state index contributed by atoms with van der Waals surface area (Å²) in [4.78, 5) is 11.1. The molecule has 2 N–H and O–H groups in total. The monoisotopic (exact) mass is 221 g/mol. The van der Waals surface area contributed by atoms with Gasteiger partial charge < -0.3 is 5.73 Å².